The molecule has 0 N–H and O–H groups in total. The summed E-state index contributed by atoms with van der Waals surface area (Å²) >= 11 is 0. The van der Waals surface area contributed by atoms with Crippen LogP contribution in [0.3, 0.4) is 0 Å². The Kier molecular flexibility index (Phi) is 12.3. The van der Waals surface area contributed by atoms with E-state index in [0.717, 1.165) is 11.0 Å². The second-order valence-corrected chi connectivity index (χ2v) is 6.40. The van der Waals surface area contributed by atoms with E-state index < -0.39 is 0 Å². The van der Waals surface area contributed by atoms with Gasteiger partial charge in [-0.05, 0) is 31.1 Å². The molecule has 0 spiro atoms. The minimum absolute atomic E-state index is 0. The van der Waals surface area contributed by atoms with Gasteiger partial charge in [0.05, 0.1) is 13.6 Å². The first-order valence-electron chi connectivity index (χ1n) is 8.74. The average molecular weight is 324 g/mol. The van der Waals surface area contributed by atoms with Crippen LogP contribution in [0.15, 0.2) is 43.0 Å². The van der Waals surface area contributed by atoms with E-state index in [4.69, 9.17) is 0 Å². The topological polar surface area (TPSA) is 0 Å². The molecule has 0 bridgehead atoms. The third kappa shape index (κ3) is 8.00. The summed E-state index contributed by atoms with van der Waals surface area (Å²) in [5.41, 5.74) is 1.40. The van der Waals surface area contributed by atoms with Crippen LogP contribution in [-0.4, -0.2) is 20.1 Å². The molecule has 1 aromatic carbocycles. The fourth-order valence-corrected chi connectivity index (χ4v) is 2.99. The number of para-hydroxylation sites is 1. The van der Waals surface area contributed by atoms with Gasteiger partial charge in [-0.1, -0.05) is 70.2 Å². The number of hydrogen-bond donors (Lipinski definition) is 0. The van der Waals surface area contributed by atoms with Crippen molar-refractivity contribution in [2.45, 2.75) is 58.3 Å². The second-order valence-electron chi connectivity index (χ2n) is 6.40. The van der Waals surface area contributed by atoms with Crippen LogP contribution in [0.1, 0.15) is 58.3 Å². The lowest BCUT2D eigenvalue weighted by atomic mass is 10.1. The lowest BCUT2D eigenvalue weighted by Crippen LogP contribution is -3.00. The van der Waals surface area contributed by atoms with Gasteiger partial charge in [-0.3, -0.25) is 4.48 Å². The highest BCUT2D eigenvalue weighted by atomic mass is 35.5. The first-order valence-corrected chi connectivity index (χ1v) is 8.74. The zero-order valence-electron chi connectivity index (χ0n) is 14.6. The van der Waals surface area contributed by atoms with E-state index >= 15 is 0 Å². The van der Waals surface area contributed by atoms with Crippen LogP contribution < -0.4 is 16.9 Å². The van der Waals surface area contributed by atoms with Crippen molar-refractivity contribution in [2.24, 2.45) is 0 Å². The van der Waals surface area contributed by atoms with Gasteiger partial charge >= 0.3 is 0 Å². The molecule has 0 fully saturated rings. The van der Waals surface area contributed by atoms with Crippen LogP contribution in [0.25, 0.3) is 0 Å². The number of rotatable bonds is 12. The molecule has 0 heterocycles. The van der Waals surface area contributed by atoms with E-state index in [-0.39, 0.29) is 12.4 Å². The molecule has 0 amide bonds. The predicted molar refractivity (Wildman–Crippen MR) is 96.7 cm³/mol. The number of benzene rings is 1. The maximum atomic E-state index is 3.94. The van der Waals surface area contributed by atoms with Gasteiger partial charge in [-0.25, -0.2) is 0 Å². The van der Waals surface area contributed by atoms with Gasteiger partial charge < -0.3 is 12.4 Å². The summed E-state index contributed by atoms with van der Waals surface area (Å²) in [7, 11) is 2.33. The highest BCUT2D eigenvalue weighted by Gasteiger charge is 2.22. The van der Waals surface area contributed by atoms with Gasteiger partial charge in [0.1, 0.15) is 12.2 Å². The molecule has 0 saturated carbocycles. The Morgan fingerprint density at radius 1 is 0.909 bits per heavy atom. The Morgan fingerprint density at radius 3 is 2.00 bits per heavy atom. The number of unbranched alkanes of at least 4 members (excludes halogenated alkanes) is 7. The Balaban J connectivity index is 0.00000441. The summed E-state index contributed by atoms with van der Waals surface area (Å²) in [6.07, 6.45) is 13.1. The van der Waals surface area contributed by atoms with Crippen molar-refractivity contribution >= 4 is 5.69 Å². The molecule has 1 nitrogen and oxygen atoms in total. The fourth-order valence-electron chi connectivity index (χ4n) is 2.99. The molecule has 1 atom stereocenters. The van der Waals surface area contributed by atoms with Gasteiger partial charge in [0.25, 0.3) is 0 Å². The Labute approximate surface area is 144 Å². The van der Waals surface area contributed by atoms with Crippen molar-refractivity contribution in [3.05, 3.63) is 43.0 Å². The molecular formula is C20H34ClN. The molecule has 1 rings (SSSR count). The number of hydrogen-bond acceptors (Lipinski definition) is 0. The summed E-state index contributed by atoms with van der Waals surface area (Å²) in [4.78, 5) is 0. The van der Waals surface area contributed by atoms with Crippen LogP contribution in [0.4, 0.5) is 5.69 Å². The van der Waals surface area contributed by atoms with Crippen LogP contribution in [0.2, 0.25) is 0 Å². The maximum Gasteiger partial charge on any atom is 0.132 e. The molecule has 0 saturated heterocycles. The van der Waals surface area contributed by atoms with E-state index in [9.17, 15) is 0 Å². The van der Waals surface area contributed by atoms with Gasteiger partial charge in [-0.15, -0.1) is 0 Å². The van der Waals surface area contributed by atoms with Crippen LogP contribution in [-0.2, 0) is 0 Å². The zero-order chi connectivity index (χ0) is 15.4. The molecule has 2 heteroatoms. The SMILES string of the molecule is C=CC[N+](C)(CCCCCCCCCC)c1ccccc1.[Cl-]. The molecule has 22 heavy (non-hydrogen) atoms. The van der Waals surface area contributed by atoms with Crippen LogP contribution in [0, 0.1) is 0 Å². The number of halogens is 1. The van der Waals surface area contributed by atoms with Crippen LogP contribution >= 0.6 is 0 Å². The molecule has 0 aliphatic carbocycles. The molecule has 0 aliphatic heterocycles. The summed E-state index contributed by atoms with van der Waals surface area (Å²) in [6, 6.07) is 10.9. The third-order valence-corrected chi connectivity index (χ3v) is 4.42. The van der Waals surface area contributed by atoms with Crippen molar-refractivity contribution < 1.29 is 12.4 Å². The van der Waals surface area contributed by atoms with Gasteiger partial charge in [-0.2, -0.15) is 0 Å². The Morgan fingerprint density at radius 2 is 1.45 bits per heavy atom. The predicted octanol–water partition coefficient (Wildman–Crippen LogP) is 2.95. The number of quaternary nitrogens is 1. The first-order chi connectivity index (χ1) is 10.2. The largest absolute Gasteiger partial charge is 1.00 e. The number of nitrogens with zero attached hydrogens (tertiary/aromatic N) is 1. The average Bonchev–Trinajstić information content (AvgIpc) is 2.51. The van der Waals surface area contributed by atoms with E-state index in [2.05, 4.69) is 57.0 Å². The van der Waals surface area contributed by atoms with Gasteiger partial charge in [0.2, 0.25) is 0 Å². The lowest BCUT2D eigenvalue weighted by molar-refractivity contribution is -0.00000461. The quantitative estimate of drug-likeness (QED) is 0.315. The maximum absolute atomic E-state index is 3.94. The zero-order valence-corrected chi connectivity index (χ0v) is 15.3. The monoisotopic (exact) mass is 323 g/mol. The fraction of sp³-hybridized carbons (Fsp3) is 0.600. The van der Waals surface area contributed by atoms with Crippen molar-refractivity contribution in [1.29, 1.82) is 0 Å². The van der Waals surface area contributed by atoms with E-state index in [1.807, 2.05) is 0 Å². The molecule has 0 radical (unpaired) electrons. The van der Waals surface area contributed by atoms with Gasteiger partial charge in [0, 0.05) is 0 Å². The van der Waals surface area contributed by atoms with Crippen molar-refractivity contribution in [1.82, 2.24) is 4.48 Å². The summed E-state index contributed by atoms with van der Waals surface area (Å²) in [6.45, 7) is 8.45. The van der Waals surface area contributed by atoms with Crippen molar-refractivity contribution in [3.8, 4) is 0 Å². The van der Waals surface area contributed by atoms with Crippen molar-refractivity contribution in [2.75, 3.05) is 20.1 Å². The van der Waals surface area contributed by atoms with Crippen LogP contribution in [0.5, 0.6) is 0 Å². The second kappa shape index (κ2) is 12.7. The molecule has 126 valence electrons. The summed E-state index contributed by atoms with van der Waals surface area (Å²) < 4.78 is 0.986. The smallest absolute Gasteiger partial charge is 0.132 e. The lowest BCUT2D eigenvalue weighted by Gasteiger charge is -2.33. The molecule has 0 aliphatic rings. The Hall–Kier alpha value is -0.790. The Bertz CT molecular complexity index is 377. The molecule has 1 aromatic rings. The molecular weight excluding hydrogens is 290 g/mol. The first kappa shape index (κ1) is 21.2. The van der Waals surface area contributed by atoms with Crippen molar-refractivity contribution in [3.63, 3.8) is 0 Å². The van der Waals surface area contributed by atoms with Gasteiger partial charge in [0.15, 0.2) is 0 Å². The highest BCUT2D eigenvalue weighted by Crippen LogP contribution is 2.22. The summed E-state index contributed by atoms with van der Waals surface area (Å²) in [5.74, 6) is 0. The number of likely N-dealkylation sites (N-methyl/N-ethyl adjacent to an activating group) is 1. The van der Waals surface area contributed by atoms with E-state index in [1.54, 1.807) is 0 Å². The highest BCUT2D eigenvalue weighted by molar-refractivity contribution is 5.42. The van der Waals surface area contributed by atoms with E-state index in [0.29, 0.717) is 0 Å². The molecule has 0 aromatic heterocycles. The molecule has 1 unspecified atom stereocenters. The summed E-state index contributed by atoms with van der Waals surface area (Å²) in [5, 5.41) is 0. The third-order valence-electron chi connectivity index (χ3n) is 4.42. The minimum Gasteiger partial charge on any atom is -1.00 e. The van der Waals surface area contributed by atoms with E-state index in [1.165, 1.54) is 63.6 Å². The standard InChI is InChI=1S/C20H34N.ClH/c1-4-6-7-8-9-10-11-15-19-21(3,18-5-2)20-16-13-12-14-17-20;/h5,12-14,16-17H,2,4,6-11,15,18-19H2,1,3H3;1H/q+1;/p-1. The normalized spacial score (nSPS) is 13.2. The minimum atomic E-state index is 0.